The van der Waals surface area contributed by atoms with E-state index in [1.54, 1.807) is 6.21 Å². The van der Waals surface area contributed by atoms with Crippen molar-refractivity contribution in [3.8, 4) is 0 Å². The molecule has 1 aliphatic carbocycles. The Hall–Kier alpha value is -2.14. The third-order valence-corrected chi connectivity index (χ3v) is 6.29. The highest BCUT2D eigenvalue weighted by Gasteiger charge is 2.60. The predicted octanol–water partition coefficient (Wildman–Crippen LogP) is 6.21. The molecule has 3 nitrogen and oxygen atoms in total. The first-order valence-electron chi connectivity index (χ1n) is 9.09. The normalized spacial score (nSPS) is 17.3. The summed E-state index contributed by atoms with van der Waals surface area (Å²) in [6, 6.07) is 23.0. The number of hydrogen-bond acceptors (Lipinski definition) is 2. The molecule has 1 aliphatic rings. The van der Waals surface area contributed by atoms with Crippen LogP contribution in [0.2, 0.25) is 10.0 Å². The Morgan fingerprint density at radius 1 is 0.931 bits per heavy atom. The lowest BCUT2D eigenvalue weighted by Gasteiger charge is -2.19. The highest BCUT2D eigenvalue weighted by atomic mass is 79.9. The number of amides is 1. The van der Waals surface area contributed by atoms with E-state index in [9.17, 15) is 4.79 Å². The highest BCUT2D eigenvalue weighted by Crippen LogP contribution is 2.59. The molecule has 146 valence electrons. The number of nitrogens with zero attached hydrogens (tertiary/aromatic N) is 1. The van der Waals surface area contributed by atoms with Crippen LogP contribution in [0.15, 0.2) is 82.4 Å². The van der Waals surface area contributed by atoms with Crippen LogP contribution in [-0.2, 0) is 10.2 Å². The van der Waals surface area contributed by atoms with E-state index in [1.165, 1.54) is 0 Å². The van der Waals surface area contributed by atoms with Crippen LogP contribution in [-0.4, -0.2) is 12.1 Å². The molecule has 1 amide bonds. The van der Waals surface area contributed by atoms with Gasteiger partial charge in [0.15, 0.2) is 0 Å². The summed E-state index contributed by atoms with van der Waals surface area (Å²) in [6.07, 6.45) is 2.34. The standard InChI is InChI=1S/C23H17BrCl2N2O/c24-18-7-1-15(2-8-18)14-27-28-22(29)21-13-23(21,16-3-9-19(25)10-4-16)17-5-11-20(26)12-6-17/h1-12,14,21H,13H2,(H,28,29). The number of benzene rings is 3. The molecule has 1 N–H and O–H groups in total. The van der Waals surface area contributed by atoms with Crippen LogP contribution < -0.4 is 5.43 Å². The largest absolute Gasteiger partial charge is 0.273 e. The number of nitrogens with one attached hydrogen (secondary N) is 1. The van der Waals surface area contributed by atoms with Crippen molar-refractivity contribution < 1.29 is 4.79 Å². The Morgan fingerprint density at radius 2 is 1.45 bits per heavy atom. The average Bonchev–Trinajstić information content (AvgIpc) is 3.47. The zero-order valence-corrected chi connectivity index (χ0v) is 18.4. The number of rotatable bonds is 5. The highest BCUT2D eigenvalue weighted by molar-refractivity contribution is 9.10. The van der Waals surface area contributed by atoms with Crippen molar-refractivity contribution in [2.75, 3.05) is 0 Å². The number of hydrazone groups is 1. The van der Waals surface area contributed by atoms with Crippen molar-refractivity contribution in [1.82, 2.24) is 5.43 Å². The van der Waals surface area contributed by atoms with E-state index in [0.717, 1.165) is 21.2 Å². The van der Waals surface area contributed by atoms with Gasteiger partial charge in [0, 0.05) is 19.9 Å². The molecule has 0 heterocycles. The lowest BCUT2D eigenvalue weighted by Crippen LogP contribution is -2.25. The molecule has 1 atom stereocenters. The second-order valence-corrected chi connectivity index (χ2v) is 8.82. The summed E-state index contributed by atoms with van der Waals surface area (Å²) >= 11 is 15.5. The molecule has 0 radical (unpaired) electrons. The molecule has 6 heteroatoms. The molecule has 0 aromatic heterocycles. The van der Waals surface area contributed by atoms with Gasteiger partial charge in [0.2, 0.25) is 5.91 Å². The number of halogens is 3. The van der Waals surface area contributed by atoms with Gasteiger partial charge in [-0.3, -0.25) is 4.79 Å². The van der Waals surface area contributed by atoms with E-state index in [0.29, 0.717) is 16.5 Å². The molecule has 4 rings (SSSR count). The maximum atomic E-state index is 12.9. The van der Waals surface area contributed by atoms with E-state index in [-0.39, 0.29) is 11.8 Å². The second kappa shape index (κ2) is 8.31. The molecular weight excluding hydrogens is 471 g/mol. The number of carbonyl (C=O) groups is 1. The summed E-state index contributed by atoms with van der Waals surface area (Å²) in [5, 5.41) is 5.47. The van der Waals surface area contributed by atoms with Gasteiger partial charge in [0.25, 0.3) is 0 Å². The third-order valence-electron chi connectivity index (χ3n) is 5.25. The quantitative estimate of drug-likeness (QED) is 0.337. The Balaban J connectivity index is 1.56. The first-order valence-corrected chi connectivity index (χ1v) is 10.6. The van der Waals surface area contributed by atoms with E-state index in [1.807, 2.05) is 72.8 Å². The van der Waals surface area contributed by atoms with Gasteiger partial charge >= 0.3 is 0 Å². The van der Waals surface area contributed by atoms with Gasteiger partial charge in [0.1, 0.15) is 0 Å². The van der Waals surface area contributed by atoms with Crippen molar-refractivity contribution in [2.45, 2.75) is 11.8 Å². The molecule has 29 heavy (non-hydrogen) atoms. The molecule has 1 saturated carbocycles. The number of carbonyl (C=O) groups excluding carboxylic acids is 1. The maximum Gasteiger partial charge on any atom is 0.244 e. The van der Waals surface area contributed by atoms with Gasteiger partial charge in [0.05, 0.1) is 12.1 Å². The fraction of sp³-hybridized carbons (Fsp3) is 0.130. The van der Waals surface area contributed by atoms with Crippen molar-refractivity contribution in [1.29, 1.82) is 0 Å². The van der Waals surface area contributed by atoms with Crippen LogP contribution in [0.4, 0.5) is 0 Å². The number of hydrogen-bond donors (Lipinski definition) is 1. The summed E-state index contributed by atoms with van der Waals surface area (Å²) in [5.41, 5.74) is 5.32. The van der Waals surface area contributed by atoms with Crippen LogP contribution in [0.5, 0.6) is 0 Å². The Morgan fingerprint density at radius 3 is 1.97 bits per heavy atom. The van der Waals surface area contributed by atoms with Gasteiger partial charge in [-0.2, -0.15) is 5.10 Å². The monoisotopic (exact) mass is 486 g/mol. The van der Waals surface area contributed by atoms with Crippen LogP contribution in [0.1, 0.15) is 23.1 Å². The smallest absolute Gasteiger partial charge is 0.244 e. The van der Waals surface area contributed by atoms with Gasteiger partial charge in [-0.1, -0.05) is 75.5 Å². The van der Waals surface area contributed by atoms with E-state index in [4.69, 9.17) is 23.2 Å². The third kappa shape index (κ3) is 4.25. The summed E-state index contributed by atoms with van der Waals surface area (Å²) in [5.74, 6) is -0.324. The zero-order chi connectivity index (χ0) is 20.4. The summed E-state index contributed by atoms with van der Waals surface area (Å²) in [6.45, 7) is 0. The van der Waals surface area contributed by atoms with Crippen LogP contribution in [0.3, 0.4) is 0 Å². The SMILES string of the molecule is O=C(NN=Cc1ccc(Br)cc1)C1CC1(c1ccc(Cl)cc1)c1ccc(Cl)cc1. The topological polar surface area (TPSA) is 41.5 Å². The Labute approximate surface area is 187 Å². The summed E-state index contributed by atoms with van der Waals surface area (Å²) in [7, 11) is 0. The molecular formula is C23H17BrCl2N2O. The first kappa shape index (κ1) is 20.1. The van der Waals surface area contributed by atoms with Crippen LogP contribution >= 0.6 is 39.1 Å². The summed E-state index contributed by atoms with van der Waals surface area (Å²) < 4.78 is 0.993. The van der Waals surface area contributed by atoms with Gasteiger partial charge < -0.3 is 0 Å². The minimum atomic E-state index is -0.396. The molecule has 3 aromatic carbocycles. The molecule has 0 aliphatic heterocycles. The average molecular weight is 488 g/mol. The van der Waals surface area contributed by atoms with Crippen molar-refractivity contribution >= 4 is 51.3 Å². The van der Waals surface area contributed by atoms with Crippen molar-refractivity contribution in [3.05, 3.63) is 104 Å². The Bertz CT molecular complexity index is 1000. The molecule has 0 spiro atoms. The molecule has 1 unspecified atom stereocenters. The molecule has 1 fully saturated rings. The lowest BCUT2D eigenvalue weighted by atomic mass is 9.85. The minimum Gasteiger partial charge on any atom is -0.273 e. The van der Waals surface area contributed by atoms with E-state index < -0.39 is 5.41 Å². The summed E-state index contributed by atoms with van der Waals surface area (Å²) in [4.78, 5) is 12.9. The Kier molecular flexibility index (Phi) is 5.77. The molecule has 0 bridgehead atoms. The molecule has 3 aromatic rings. The van der Waals surface area contributed by atoms with Crippen molar-refractivity contribution in [3.63, 3.8) is 0 Å². The van der Waals surface area contributed by atoms with Gasteiger partial charge in [-0.15, -0.1) is 0 Å². The minimum absolute atomic E-state index is 0.108. The van der Waals surface area contributed by atoms with Crippen molar-refractivity contribution in [2.24, 2.45) is 11.0 Å². The fourth-order valence-corrected chi connectivity index (χ4v) is 4.19. The zero-order valence-electron chi connectivity index (χ0n) is 15.3. The van der Waals surface area contributed by atoms with Crippen LogP contribution in [0, 0.1) is 5.92 Å². The lowest BCUT2D eigenvalue weighted by molar-refractivity contribution is -0.122. The first-order chi connectivity index (χ1) is 14.0. The van der Waals surface area contributed by atoms with Gasteiger partial charge in [-0.05, 0) is 59.5 Å². The second-order valence-electron chi connectivity index (χ2n) is 7.03. The van der Waals surface area contributed by atoms with E-state index >= 15 is 0 Å². The molecule has 0 saturated heterocycles. The fourth-order valence-electron chi connectivity index (χ4n) is 3.68. The van der Waals surface area contributed by atoms with E-state index in [2.05, 4.69) is 26.5 Å². The predicted molar refractivity (Wildman–Crippen MR) is 122 cm³/mol. The van der Waals surface area contributed by atoms with Gasteiger partial charge in [-0.25, -0.2) is 5.43 Å². The van der Waals surface area contributed by atoms with Crippen LogP contribution in [0.25, 0.3) is 0 Å². The maximum absolute atomic E-state index is 12.9.